The van der Waals surface area contributed by atoms with E-state index in [1.54, 1.807) is 0 Å². The molecule has 0 spiro atoms. The molecule has 1 aliphatic carbocycles. The third-order valence-corrected chi connectivity index (χ3v) is 2.57. The highest BCUT2D eigenvalue weighted by atomic mass is 16.6. The molecule has 0 radical (unpaired) electrons. The van der Waals surface area contributed by atoms with E-state index in [4.69, 9.17) is 4.63 Å². The molecule has 0 aliphatic heterocycles. The van der Waals surface area contributed by atoms with Crippen LogP contribution in [0, 0.1) is 5.92 Å². The zero-order valence-corrected chi connectivity index (χ0v) is 8.82. The van der Waals surface area contributed by atoms with Crippen LogP contribution in [0.2, 0.25) is 0 Å². The molecule has 4 heteroatoms. The third-order valence-electron chi connectivity index (χ3n) is 2.57. The van der Waals surface area contributed by atoms with Crippen LogP contribution in [-0.2, 0) is 5.41 Å². The lowest BCUT2D eigenvalue weighted by Gasteiger charge is -2.17. The number of aliphatic hydroxyl groups excluding tert-OH is 1. The van der Waals surface area contributed by atoms with Gasteiger partial charge in [0, 0.05) is 5.41 Å². The molecule has 1 N–H and O–H groups in total. The molecule has 1 saturated carbocycles. The number of rotatable bonds is 2. The van der Waals surface area contributed by atoms with Crippen LogP contribution in [0.1, 0.15) is 51.1 Å². The molecule has 1 heterocycles. The van der Waals surface area contributed by atoms with Crippen LogP contribution in [0.15, 0.2) is 4.63 Å². The molecule has 0 aromatic carbocycles. The summed E-state index contributed by atoms with van der Waals surface area (Å²) in [5, 5.41) is 17.6. The molecule has 1 aromatic heterocycles. The average molecular weight is 196 g/mol. The van der Waals surface area contributed by atoms with E-state index in [2.05, 4.69) is 10.3 Å². The van der Waals surface area contributed by atoms with Crippen molar-refractivity contribution in [3.05, 3.63) is 11.4 Å². The molecule has 2 rings (SSSR count). The van der Waals surface area contributed by atoms with Crippen molar-refractivity contribution in [2.24, 2.45) is 5.92 Å². The van der Waals surface area contributed by atoms with Crippen LogP contribution in [0.25, 0.3) is 0 Å². The second-order valence-electron chi connectivity index (χ2n) is 5.03. The van der Waals surface area contributed by atoms with Crippen molar-refractivity contribution in [1.29, 1.82) is 0 Å². The van der Waals surface area contributed by atoms with Gasteiger partial charge in [-0.25, -0.2) is 4.63 Å². The van der Waals surface area contributed by atoms with Crippen molar-refractivity contribution in [3.63, 3.8) is 0 Å². The van der Waals surface area contributed by atoms with Crippen molar-refractivity contribution in [3.8, 4) is 0 Å². The van der Waals surface area contributed by atoms with Crippen molar-refractivity contribution in [2.75, 3.05) is 0 Å². The van der Waals surface area contributed by atoms with Gasteiger partial charge in [0.15, 0.2) is 0 Å². The predicted octanol–water partition coefficient (Wildman–Crippen LogP) is 1.81. The Morgan fingerprint density at radius 2 is 2.00 bits per heavy atom. The minimum Gasteiger partial charge on any atom is -0.386 e. The number of nitrogens with zero attached hydrogens (tertiary/aromatic N) is 2. The summed E-state index contributed by atoms with van der Waals surface area (Å²) in [5.74, 6) is 0.364. The zero-order chi connectivity index (χ0) is 10.3. The van der Waals surface area contributed by atoms with E-state index >= 15 is 0 Å². The quantitative estimate of drug-likeness (QED) is 0.783. The Morgan fingerprint density at radius 3 is 2.50 bits per heavy atom. The molecule has 1 fully saturated rings. The van der Waals surface area contributed by atoms with Gasteiger partial charge in [-0.1, -0.05) is 31.1 Å². The largest absolute Gasteiger partial charge is 0.386 e. The summed E-state index contributed by atoms with van der Waals surface area (Å²) in [7, 11) is 0. The molecule has 1 unspecified atom stereocenters. The zero-order valence-electron chi connectivity index (χ0n) is 8.82. The highest BCUT2D eigenvalue weighted by Gasteiger charge is 2.37. The van der Waals surface area contributed by atoms with E-state index in [0.717, 1.165) is 18.5 Å². The van der Waals surface area contributed by atoms with Crippen molar-refractivity contribution in [1.82, 2.24) is 10.3 Å². The Morgan fingerprint density at radius 1 is 1.36 bits per heavy atom. The van der Waals surface area contributed by atoms with Crippen molar-refractivity contribution < 1.29 is 9.74 Å². The Bertz CT molecular complexity index is 323. The molecular formula is C10H16N2O2. The van der Waals surface area contributed by atoms with Gasteiger partial charge in [0.25, 0.3) is 0 Å². The molecule has 1 aliphatic rings. The SMILES string of the molecule is CC(C)(C)c1nonc1C(O)C1CC1. The van der Waals surface area contributed by atoms with Crippen LogP contribution in [0.3, 0.4) is 0 Å². The number of hydrogen-bond donors (Lipinski definition) is 1. The van der Waals surface area contributed by atoms with E-state index in [0.29, 0.717) is 11.6 Å². The summed E-state index contributed by atoms with van der Waals surface area (Å²) in [6.07, 6.45) is 1.67. The van der Waals surface area contributed by atoms with E-state index in [9.17, 15) is 5.11 Å². The maximum atomic E-state index is 9.93. The van der Waals surface area contributed by atoms with Gasteiger partial charge in [-0.2, -0.15) is 0 Å². The summed E-state index contributed by atoms with van der Waals surface area (Å²) >= 11 is 0. The van der Waals surface area contributed by atoms with E-state index in [1.807, 2.05) is 20.8 Å². The molecule has 0 saturated heterocycles. The Labute approximate surface area is 83.3 Å². The Hall–Kier alpha value is -0.900. The second-order valence-corrected chi connectivity index (χ2v) is 5.03. The fourth-order valence-corrected chi connectivity index (χ4v) is 1.55. The number of aromatic nitrogens is 2. The first-order valence-electron chi connectivity index (χ1n) is 5.01. The third kappa shape index (κ3) is 1.66. The summed E-state index contributed by atoms with van der Waals surface area (Å²) in [6.45, 7) is 6.11. The van der Waals surface area contributed by atoms with Crippen molar-refractivity contribution in [2.45, 2.75) is 45.1 Å². The molecule has 78 valence electrons. The monoisotopic (exact) mass is 196 g/mol. The van der Waals surface area contributed by atoms with Gasteiger partial charge in [-0.05, 0) is 18.8 Å². The minimum absolute atomic E-state index is 0.120. The number of hydrogen-bond acceptors (Lipinski definition) is 4. The highest BCUT2D eigenvalue weighted by molar-refractivity contribution is 5.20. The standard InChI is InChI=1S/C10H16N2O2/c1-10(2,3)9-7(11-14-12-9)8(13)6-4-5-6/h6,8,13H,4-5H2,1-3H3. The lowest BCUT2D eigenvalue weighted by atomic mass is 9.89. The molecule has 1 aromatic rings. The fourth-order valence-electron chi connectivity index (χ4n) is 1.55. The first kappa shape index (κ1) is 9.65. The molecule has 4 nitrogen and oxygen atoms in total. The normalized spacial score (nSPS) is 19.7. The van der Waals surface area contributed by atoms with Gasteiger partial charge in [0.1, 0.15) is 17.5 Å². The Kier molecular flexibility index (Phi) is 2.10. The van der Waals surface area contributed by atoms with Gasteiger partial charge in [-0.3, -0.25) is 0 Å². The first-order valence-corrected chi connectivity index (χ1v) is 5.01. The van der Waals surface area contributed by atoms with E-state index in [1.165, 1.54) is 0 Å². The van der Waals surface area contributed by atoms with Crippen LogP contribution >= 0.6 is 0 Å². The summed E-state index contributed by atoms with van der Waals surface area (Å²) < 4.78 is 4.71. The smallest absolute Gasteiger partial charge is 0.137 e. The van der Waals surface area contributed by atoms with Gasteiger partial charge in [0.05, 0.1) is 0 Å². The first-order chi connectivity index (χ1) is 6.50. The van der Waals surface area contributed by atoms with Gasteiger partial charge < -0.3 is 5.11 Å². The van der Waals surface area contributed by atoms with Crippen LogP contribution in [0.4, 0.5) is 0 Å². The molecular weight excluding hydrogens is 180 g/mol. The molecule has 0 bridgehead atoms. The van der Waals surface area contributed by atoms with E-state index in [-0.39, 0.29) is 5.41 Å². The number of aliphatic hydroxyl groups is 1. The summed E-state index contributed by atoms with van der Waals surface area (Å²) in [4.78, 5) is 0. The lowest BCUT2D eigenvalue weighted by Crippen LogP contribution is -2.17. The van der Waals surface area contributed by atoms with Gasteiger partial charge in [0.2, 0.25) is 0 Å². The van der Waals surface area contributed by atoms with Gasteiger partial charge in [-0.15, -0.1) is 0 Å². The topological polar surface area (TPSA) is 59.2 Å². The lowest BCUT2D eigenvalue weighted by molar-refractivity contribution is 0.141. The molecule has 14 heavy (non-hydrogen) atoms. The Balaban J connectivity index is 2.28. The van der Waals surface area contributed by atoms with Crippen LogP contribution in [0.5, 0.6) is 0 Å². The summed E-state index contributed by atoms with van der Waals surface area (Å²) in [6, 6.07) is 0. The highest BCUT2D eigenvalue weighted by Crippen LogP contribution is 2.42. The molecule has 1 atom stereocenters. The maximum Gasteiger partial charge on any atom is 0.137 e. The average Bonchev–Trinajstić information content (AvgIpc) is 2.78. The van der Waals surface area contributed by atoms with Gasteiger partial charge >= 0.3 is 0 Å². The maximum absolute atomic E-state index is 9.93. The van der Waals surface area contributed by atoms with Crippen LogP contribution in [-0.4, -0.2) is 15.4 Å². The predicted molar refractivity (Wildman–Crippen MR) is 50.7 cm³/mol. The fraction of sp³-hybridized carbons (Fsp3) is 0.800. The van der Waals surface area contributed by atoms with Crippen molar-refractivity contribution >= 4 is 0 Å². The second kappa shape index (κ2) is 3.05. The molecule has 0 amide bonds. The summed E-state index contributed by atoms with van der Waals surface area (Å²) in [5.41, 5.74) is 1.28. The van der Waals surface area contributed by atoms with E-state index < -0.39 is 6.10 Å². The minimum atomic E-state index is -0.490. The van der Waals surface area contributed by atoms with Crippen LogP contribution < -0.4 is 0 Å².